The SMILES string of the molecule is CSc1ccc([C@H]2C(C(=O)OC(C)C)=C(C)N=c3s/c(=C\c4ccc(I)cc4)c(=O)n32)cc1. The van der Waals surface area contributed by atoms with Gasteiger partial charge in [0.15, 0.2) is 4.80 Å². The van der Waals surface area contributed by atoms with Crippen molar-refractivity contribution >= 4 is 57.7 Å². The van der Waals surface area contributed by atoms with Crippen LogP contribution in [-0.2, 0) is 9.53 Å². The molecule has 0 unspecified atom stereocenters. The molecule has 0 saturated carbocycles. The van der Waals surface area contributed by atoms with Crippen LogP contribution in [0.1, 0.15) is 37.9 Å². The molecule has 8 heteroatoms. The van der Waals surface area contributed by atoms with Crippen LogP contribution in [0.15, 0.2) is 74.5 Å². The molecule has 0 bridgehead atoms. The molecule has 33 heavy (non-hydrogen) atoms. The van der Waals surface area contributed by atoms with Gasteiger partial charge in [-0.15, -0.1) is 11.8 Å². The second kappa shape index (κ2) is 9.99. The number of benzene rings is 2. The number of hydrogen-bond donors (Lipinski definition) is 0. The molecular weight excluding hydrogens is 567 g/mol. The van der Waals surface area contributed by atoms with E-state index in [1.807, 2.05) is 74.7 Å². The Bertz CT molecular complexity index is 1400. The standard InChI is InChI=1S/C25H23IN2O3S2/c1-14(2)31-24(30)21-15(3)27-25-28(22(21)17-7-11-19(32-4)12-8-17)23(29)20(33-25)13-16-5-9-18(26)10-6-16/h5-14,22H,1-4H3/b20-13-/t22-/m0/s1. The Morgan fingerprint density at radius 2 is 1.85 bits per heavy atom. The summed E-state index contributed by atoms with van der Waals surface area (Å²) in [6, 6.07) is 15.3. The van der Waals surface area contributed by atoms with E-state index in [1.54, 1.807) is 23.3 Å². The first-order chi connectivity index (χ1) is 15.8. The van der Waals surface area contributed by atoms with E-state index < -0.39 is 12.0 Å². The number of thioether (sulfide) groups is 1. The zero-order valence-electron chi connectivity index (χ0n) is 18.7. The third kappa shape index (κ3) is 5.02. The van der Waals surface area contributed by atoms with Crippen LogP contribution in [-0.4, -0.2) is 22.9 Å². The molecule has 0 aliphatic carbocycles. The van der Waals surface area contributed by atoms with Crippen LogP contribution in [0.5, 0.6) is 0 Å². The normalized spacial score (nSPS) is 16.1. The molecule has 170 valence electrons. The van der Waals surface area contributed by atoms with Crippen molar-refractivity contribution in [3.8, 4) is 0 Å². The molecule has 2 aromatic carbocycles. The van der Waals surface area contributed by atoms with E-state index in [-0.39, 0.29) is 11.7 Å². The maximum Gasteiger partial charge on any atom is 0.338 e. The molecule has 1 aliphatic rings. The highest BCUT2D eigenvalue weighted by molar-refractivity contribution is 14.1. The molecular formula is C25H23IN2O3S2. The smallest absolute Gasteiger partial charge is 0.338 e. The third-order valence-corrected chi connectivity index (χ3v) is 7.63. The van der Waals surface area contributed by atoms with Crippen LogP contribution in [0.3, 0.4) is 0 Å². The number of aromatic nitrogens is 1. The number of fused-ring (bicyclic) bond motifs is 1. The Hall–Kier alpha value is -2.17. The van der Waals surface area contributed by atoms with Crippen LogP contribution in [0, 0.1) is 3.57 Å². The van der Waals surface area contributed by atoms with E-state index in [4.69, 9.17) is 4.74 Å². The lowest BCUT2D eigenvalue weighted by molar-refractivity contribution is -0.143. The fraction of sp³-hybridized carbons (Fsp3) is 0.240. The number of esters is 1. The Labute approximate surface area is 214 Å². The van der Waals surface area contributed by atoms with Crippen LogP contribution >= 0.6 is 45.7 Å². The number of allylic oxidation sites excluding steroid dienone is 1. The molecule has 0 radical (unpaired) electrons. The van der Waals surface area contributed by atoms with Gasteiger partial charge in [0, 0.05) is 8.47 Å². The quantitative estimate of drug-likeness (QED) is 0.249. The number of hydrogen-bond acceptors (Lipinski definition) is 6. The third-order valence-electron chi connectivity index (χ3n) is 5.18. The van der Waals surface area contributed by atoms with Gasteiger partial charge in [0.1, 0.15) is 0 Å². The summed E-state index contributed by atoms with van der Waals surface area (Å²) >= 11 is 5.23. The largest absolute Gasteiger partial charge is 0.459 e. The molecule has 5 nitrogen and oxygen atoms in total. The van der Waals surface area contributed by atoms with E-state index >= 15 is 0 Å². The van der Waals surface area contributed by atoms with Crippen LogP contribution in [0.25, 0.3) is 6.08 Å². The summed E-state index contributed by atoms with van der Waals surface area (Å²) in [5.74, 6) is -0.447. The molecule has 0 saturated heterocycles. The van der Waals surface area contributed by atoms with Gasteiger partial charge in [0.05, 0.1) is 27.9 Å². The Balaban J connectivity index is 1.92. The lowest BCUT2D eigenvalue weighted by Crippen LogP contribution is -2.40. The predicted octanol–water partition coefficient (Wildman–Crippen LogP) is 4.51. The average molecular weight is 591 g/mol. The van der Waals surface area contributed by atoms with Crippen LogP contribution < -0.4 is 14.9 Å². The van der Waals surface area contributed by atoms with Gasteiger partial charge in [0.25, 0.3) is 5.56 Å². The summed E-state index contributed by atoms with van der Waals surface area (Å²) in [5, 5.41) is 0. The molecule has 2 heterocycles. The molecule has 1 atom stereocenters. The number of ether oxygens (including phenoxy) is 1. The summed E-state index contributed by atoms with van der Waals surface area (Å²) in [6.45, 7) is 5.43. The van der Waals surface area contributed by atoms with E-state index in [1.165, 1.54) is 11.3 Å². The van der Waals surface area contributed by atoms with Gasteiger partial charge < -0.3 is 4.74 Å². The first-order valence-corrected chi connectivity index (χ1v) is 13.5. The Kier molecular flexibility index (Phi) is 7.25. The number of rotatable bonds is 5. The highest BCUT2D eigenvalue weighted by atomic mass is 127. The fourth-order valence-corrected chi connectivity index (χ4v) is 5.49. The molecule has 0 N–H and O–H groups in total. The molecule has 0 amide bonds. The second-order valence-electron chi connectivity index (χ2n) is 7.86. The first kappa shape index (κ1) is 24.0. The zero-order valence-corrected chi connectivity index (χ0v) is 22.5. The summed E-state index contributed by atoms with van der Waals surface area (Å²) in [5.41, 5.74) is 2.59. The molecule has 3 aromatic rings. The molecule has 0 fully saturated rings. The van der Waals surface area contributed by atoms with E-state index in [9.17, 15) is 9.59 Å². The van der Waals surface area contributed by atoms with E-state index in [0.717, 1.165) is 19.6 Å². The van der Waals surface area contributed by atoms with E-state index in [0.29, 0.717) is 20.6 Å². The molecule has 1 aromatic heterocycles. The van der Waals surface area contributed by atoms with Gasteiger partial charge in [-0.2, -0.15) is 0 Å². The fourth-order valence-electron chi connectivity index (χ4n) is 3.67. The zero-order chi connectivity index (χ0) is 23.7. The van der Waals surface area contributed by atoms with Gasteiger partial charge >= 0.3 is 5.97 Å². The van der Waals surface area contributed by atoms with Crippen molar-refractivity contribution in [3.63, 3.8) is 0 Å². The van der Waals surface area contributed by atoms with Crippen molar-refractivity contribution in [2.45, 2.75) is 37.8 Å². The van der Waals surface area contributed by atoms with Gasteiger partial charge in [0.2, 0.25) is 0 Å². The van der Waals surface area contributed by atoms with Gasteiger partial charge in [-0.3, -0.25) is 9.36 Å². The van der Waals surface area contributed by atoms with Crippen molar-refractivity contribution in [2.24, 2.45) is 4.99 Å². The molecule has 4 rings (SSSR count). The molecule has 0 spiro atoms. The van der Waals surface area contributed by atoms with Crippen molar-refractivity contribution in [3.05, 3.63) is 94.2 Å². The topological polar surface area (TPSA) is 60.7 Å². The van der Waals surface area contributed by atoms with Gasteiger partial charge in [-0.1, -0.05) is 35.6 Å². The van der Waals surface area contributed by atoms with Gasteiger partial charge in [-0.25, -0.2) is 9.79 Å². The first-order valence-electron chi connectivity index (χ1n) is 10.4. The monoisotopic (exact) mass is 590 g/mol. The lowest BCUT2D eigenvalue weighted by atomic mass is 9.96. The maximum atomic E-state index is 13.6. The highest BCUT2D eigenvalue weighted by Crippen LogP contribution is 2.32. The number of nitrogens with zero attached hydrogens (tertiary/aromatic N) is 2. The van der Waals surface area contributed by atoms with Crippen molar-refractivity contribution in [1.29, 1.82) is 0 Å². The minimum Gasteiger partial charge on any atom is -0.459 e. The highest BCUT2D eigenvalue weighted by Gasteiger charge is 2.33. The number of halogens is 1. The van der Waals surface area contributed by atoms with Crippen LogP contribution in [0.4, 0.5) is 0 Å². The maximum absolute atomic E-state index is 13.6. The summed E-state index contributed by atoms with van der Waals surface area (Å²) < 4.78 is 8.87. The lowest BCUT2D eigenvalue weighted by Gasteiger charge is -2.25. The Morgan fingerprint density at radius 1 is 1.18 bits per heavy atom. The average Bonchev–Trinajstić information content (AvgIpc) is 3.08. The van der Waals surface area contributed by atoms with Crippen molar-refractivity contribution < 1.29 is 9.53 Å². The summed E-state index contributed by atoms with van der Waals surface area (Å²) in [4.78, 5) is 33.0. The number of carbonyl (C=O) groups excluding carboxylic acids is 1. The summed E-state index contributed by atoms with van der Waals surface area (Å²) in [7, 11) is 0. The minimum absolute atomic E-state index is 0.168. The van der Waals surface area contributed by atoms with Crippen LogP contribution in [0.2, 0.25) is 0 Å². The van der Waals surface area contributed by atoms with E-state index in [2.05, 4.69) is 27.6 Å². The van der Waals surface area contributed by atoms with Crippen molar-refractivity contribution in [2.75, 3.05) is 6.26 Å². The second-order valence-corrected chi connectivity index (χ2v) is 11.0. The minimum atomic E-state index is -0.595. The van der Waals surface area contributed by atoms with Gasteiger partial charge in [-0.05, 0) is 91.1 Å². The predicted molar refractivity (Wildman–Crippen MR) is 142 cm³/mol. The van der Waals surface area contributed by atoms with Crippen molar-refractivity contribution in [1.82, 2.24) is 4.57 Å². The summed E-state index contributed by atoms with van der Waals surface area (Å²) in [6.07, 6.45) is 3.61. The number of carbonyl (C=O) groups is 1. The Morgan fingerprint density at radius 3 is 2.45 bits per heavy atom. The molecule has 1 aliphatic heterocycles. The number of thiazole rings is 1.